The van der Waals surface area contributed by atoms with Gasteiger partial charge in [0.05, 0.1) is 16.4 Å². The first-order chi connectivity index (χ1) is 13.0. The van der Waals surface area contributed by atoms with Crippen molar-refractivity contribution in [2.45, 2.75) is 33.2 Å². The van der Waals surface area contributed by atoms with E-state index in [0.29, 0.717) is 18.5 Å². The number of carbonyl (C=O) groups excluding carboxylic acids is 2. The molecular formula is C18H24N2O7S. The Morgan fingerprint density at radius 2 is 2.04 bits per heavy atom. The number of hydrogen-bond acceptors (Lipinski definition) is 7. The predicted molar refractivity (Wildman–Crippen MR) is 102 cm³/mol. The van der Waals surface area contributed by atoms with E-state index in [4.69, 9.17) is 4.74 Å². The molecule has 0 radical (unpaired) electrons. The lowest BCUT2D eigenvalue weighted by atomic mass is 10.1. The molecule has 10 heteroatoms. The van der Waals surface area contributed by atoms with Crippen LogP contribution in [0, 0.1) is 23.0 Å². The number of sulfone groups is 1. The van der Waals surface area contributed by atoms with Crippen LogP contribution in [0.15, 0.2) is 18.2 Å². The Morgan fingerprint density at radius 1 is 1.36 bits per heavy atom. The fourth-order valence-corrected chi connectivity index (χ4v) is 4.95. The van der Waals surface area contributed by atoms with E-state index in [2.05, 4.69) is 0 Å². The second kappa shape index (κ2) is 8.68. The molecule has 154 valence electrons. The maximum Gasteiger partial charge on any atom is 0.345 e. The van der Waals surface area contributed by atoms with E-state index >= 15 is 0 Å². The maximum atomic E-state index is 12.6. The van der Waals surface area contributed by atoms with Gasteiger partial charge in [0.15, 0.2) is 16.4 Å². The molecular weight excluding hydrogens is 388 g/mol. The Morgan fingerprint density at radius 3 is 2.57 bits per heavy atom. The van der Waals surface area contributed by atoms with Crippen LogP contribution in [0.3, 0.4) is 0 Å². The first-order valence-electron chi connectivity index (χ1n) is 8.93. The van der Waals surface area contributed by atoms with Gasteiger partial charge in [0.1, 0.15) is 5.56 Å². The predicted octanol–water partition coefficient (Wildman–Crippen LogP) is 1.73. The van der Waals surface area contributed by atoms with E-state index in [-0.39, 0.29) is 28.7 Å². The van der Waals surface area contributed by atoms with Gasteiger partial charge < -0.3 is 9.64 Å². The molecule has 1 atom stereocenters. The van der Waals surface area contributed by atoms with Crippen LogP contribution in [0.1, 0.15) is 36.2 Å². The van der Waals surface area contributed by atoms with Gasteiger partial charge >= 0.3 is 5.97 Å². The lowest BCUT2D eigenvalue weighted by Crippen LogP contribution is -2.45. The number of hydrogen-bond donors (Lipinski definition) is 0. The minimum absolute atomic E-state index is 0.0226. The Hall–Kier alpha value is -2.49. The van der Waals surface area contributed by atoms with Gasteiger partial charge in [-0.1, -0.05) is 26.0 Å². The molecule has 1 aromatic rings. The molecule has 1 aliphatic rings. The summed E-state index contributed by atoms with van der Waals surface area (Å²) in [6.45, 7) is 5.02. The Kier molecular flexibility index (Phi) is 6.76. The lowest BCUT2D eigenvalue weighted by molar-refractivity contribution is -0.385. The minimum Gasteiger partial charge on any atom is -0.452 e. The molecule has 9 nitrogen and oxygen atoms in total. The van der Waals surface area contributed by atoms with E-state index in [9.17, 15) is 28.1 Å². The van der Waals surface area contributed by atoms with Crippen molar-refractivity contribution in [1.29, 1.82) is 0 Å². The van der Waals surface area contributed by atoms with Gasteiger partial charge in [0.25, 0.3) is 11.6 Å². The molecule has 1 fully saturated rings. The molecule has 1 aromatic carbocycles. The maximum absolute atomic E-state index is 12.6. The third-order valence-corrected chi connectivity index (χ3v) is 6.25. The summed E-state index contributed by atoms with van der Waals surface area (Å²) in [7, 11) is -3.18. The molecule has 0 aliphatic carbocycles. The number of benzene rings is 1. The molecule has 0 bridgehead atoms. The fourth-order valence-electron chi connectivity index (χ4n) is 3.22. The molecule has 1 aliphatic heterocycles. The fraction of sp³-hybridized carbons (Fsp3) is 0.556. The number of para-hydroxylation sites is 1. The van der Waals surface area contributed by atoms with Crippen LogP contribution < -0.4 is 0 Å². The molecule has 0 unspecified atom stereocenters. The van der Waals surface area contributed by atoms with Crippen LogP contribution in [0.25, 0.3) is 0 Å². The van der Waals surface area contributed by atoms with Gasteiger partial charge in [-0.05, 0) is 25.3 Å². The normalized spacial score (nSPS) is 18.1. The average Bonchev–Trinajstić information content (AvgIpc) is 2.96. The molecule has 28 heavy (non-hydrogen) atoms. The third kappa shape index (κ3) is 5.28. The highest BCUT2D eigenvalue weighted by Gasteiger charge is 2.35. The Labute approximate surface area is 163 Å². The van der Waals surface area contributed by atoms with Gasteiger partial charge in [-0.25, -0.2) is 13.2 Å². The van der Waals surface area contributed by atoms with Crippen molar-refractivity contribution in [3.05, 3.63) is 39.4 Å². The van der Waals surface area contributed by atoms with Gasteiger partial charge in [-0.3, -0.25) is 14.9 Å². The molecule has 1 amide bonds. The molecule has 0 saturated carbocycles. The number of nitro groups is 1. The topological polar surface area (TPSA) is 124 Å². The molecule has 0 aromatic heterocycles. The Balaban J connectivity index is 2.11. The zero-order valence-corrected chi connectivity index (χ0v) is 16.9. The van der Waals surface area contributed by atoms with Gasteiger partial charge in [-0.15, -0.1) is 0 Å². The van der Waals surface area contributed by atoms with Crippen molar-refractivity contribution in [2.24, 2.45) is 5.92 Å². The molecule has 0 N–H and O–H groups in total. The SMILES string of the molecule is Cc1cccc(C(=O)OCC(=O)N(CC(C)C)[C@@H]2CCS(=O)(=O)C2)c1[N+](=O)[O-]. The number of carbonyl (C=O) groups is 2. The van der Waals surface area contributed by atoms with Crippen LogP contribution in [0.2, 0.25) is 0 Å². The quantitative estimate of drug-likeness (QED) is 0.379. The summed E-state index contributed by atoms with van der Waals surface area (Å²) >= 11 is 0. The first kappa shape index (κ1) is 21.8. The number of nitrogens with zero attached hydrogens (tertiary/aromatic N) is 2. The first-order valence-corrected chi connectivity index (χ1v) is 10.7. The lowest BCUT2D eigenvalue weighted by Gasteiger charge is -2.29. The van der Waals surface area contributed by atoms with Crippen molar-refractivity contribution >= 4 is 27.4 Å². The van der Waals surface area contributed by atoms with E-state index < -0.39 is 39.3 Å². The molecule has 0 spiro atoms. The molecule has 2 rings (SSSR count). The van der Waals surface area contributed by atoms with Crippen molar-refractivity contribution in [1.82, 2.24) is 4.90 Å². The van der Waals surface area contributed by atoms with Crippen molar-refractivity contribution < 1.29 is 27.7 Å². The highest BCUT2D eigenvalue weighted by molar-refractivity contribution is 7.91. The summed E-state index contributed by atoms with van der Waals surface area (Å²) in [6, 6.07) is 3.82. The van der Waals surface area contributed by atoms with E-state index in [1.807, 2.05) is 13.8 Å². The largest absolute Gasteiger partial charge is 0.452 e. The summed E-state index contributed by atoms with van der Waals surface area (Å²) in [5, 5.41) is 11.2. The smallest absolute Gasteiger partial charge is 0.345 e. The monoisotopic (exact) mass is 412 g/mol. The van der Waals surface area contributed by atoms with Crippen LogP contribution in [-0.2, 0) is 19.4 Å². The minimum atomic E-state index is -3.18. The molecule has 1 saturated heterocycles. The highest BCUT2D eigenvalue weighted by atomic mass is 32.2. The summed E-state index contributed by atoms with van der Waals surface area (Å²) in [4.78, 5) is 36.9. The summed E-state index contributed by atoms with van der Waals surface area (Å²) in [6.07, 6.45) is 0.345. The van der Waals surface area contributed by atoms with Crippen molar-refractivity contribution in [3.63, 3.8) is 0 Å². The van der Waals surface area contributed by atoms with Crippen LogP contribution in [0.5, 0.6) is 0 Å². The van der Waals surface area contributed by atoms with Crippen molar-refractivity contribution in [3.8, 4) is 0 Å². The Bertz CT molecular complexity index is 880. The number of amides is 1. The second-order valence-electron chi connectivity index (χ2n) is 7.30. The van der Waals surface area contributed by atoms with Crippen LogP contribution in [-0.4, -0.2) is 60.8 Å². The second-order valence-corrected chi connectivity index (χ2v) is 9.53. The number of nitro benzene ring substituents is 1. The summed E-state index contributed by atoms with van der Waals surface area (Å²) in [5.74, 6) is -1.47. The van der Waals surface area contributed by atoms with E-state index in [1.54, 1.807) is 0 Å². The van der Waals surface area contributed by atoms with E-state index in [0.717, 1.165) is 0 Å². The van der Waals surface area contributed by atoms with E-state index in [1.165, 1.54) is 30.0 Å². The number of aryl methyl sites for hydroxylation is 1. The molecule has 1 heterocycles. The van der Waals surface area contributed by atoms with Gasteiger partial charge in [-0.2, -0.15) is 0 Å². The highest BCUT2D eigenvalue weighted by Crippen LogP contribution is 2.24. The number of esters is 1. The zero-order valence-electron chi connectivity index (χ0n) is 16.1. The third-order valence-electron chi connectivity index (χ3n) is 4.50. The summed E-state index contributed by atoms with van der Waals surface area (Å²) in [5.41, 5.74) is -0.277. The van der Waals surface area contributed by atoms with Crippen molar-refractivity contribution in [2.75, 3.05) is 24.7 Å². The number of rotatable bonds is 7. The van der Waals surface area contributed by atoms with Crippen LogP contribution in [0.4, 0.5) is 5.69 Å². The zero-order chi connectivity index (χ0) is 21.1. The number of ether oxygens (including phenoxy) is 1. The summed E-state index contributed by atoms with van der Waals surface area (Å²) < 4.78 is 28.5. The van der Waals surface area contributed by atoms with Gasteiger partial charge in [0.2, 0.25) is 0 Å². The van der Waals surface area contributed by atoms with Crippen LogP contribution >= 0.6 is 0 Å². The standard InChI is InChI=1S/C18H24N2O7S/c1-12(2)9-19(14-7-8-28(25,26)11-14)16(21)10-27-18(22)15-6-4-5-13(3)17(15)20(23)24/h4-6,12,14H,7-11H2,1-3H3/t14-/m1/s1. The van der Waals surface area contributed by atoms with Gasteiger partial charge in [0, 0.05) is 18.2 Å². The average molecular weight is 412 g/mol.